The Bertz CT molecular complexity index is 978. The topological polar surface area (TPSA) is 64.6 Å². The van der Waals surface area contributed by atoms with Gasteiger partial charge in [0.1, 0.15) is 10.6 Å². The molecule has 0 saturated carbocycles. The van der Waals surface area contributed by atoms with Gasteiger partial charge in [-0.2, -0.15) is 0 Å². The van der Waals surface area contributed by atoms with Gasteiger partial charge in [0.25, 0.3) is 5.91 Å². The Labute approximate surface area is 167 Å². The van der Waals surface area contributed by atoms with E-state index in [0.29, 0.717) is 16.3 Å². The molecule has 1 aromatic heterocycles. The zero-order chi connectivity index (χ0) is 20.1. The minimum atomic E-state index is -0.953. The molecule has 3 aromatic rings. The highest BCUT2D eigenvalue weighted by atomic mass is 32.1. The minimum Gasteiger partial charge on any atom is -0.495 e. The number of methoxy groups -OCH3 is 1. The van der Waals surface area contributed by atoms with Crippen LogP contribution in [-0.4, -0.2) is 25.1 Å². The zero-order valence-corrected chi connectivity index (χ0v) is 16.7. The van der Waals surface area contributed by atoms with E-state index in [2.05, 4.69) is 5.32 Å². The maximum Gasteiger partial charge on any atom is 0.349 e. The molecule has 0 radical (unpaired) electrons. The highest BCUT2D eigenvalue weighted by molar-refractivity contribution is 7.12. The highest BCUT2D eigenvalue weighted by Crippen LogP contribution is 2.30. The third-order valence-electron chi connectivity index (χ3n) is 4.23. The molecule has 5 nitrogen and oxygen atoms in total. The Hall–Kier alpha value is -3.12. The predicted molar refractivity (Wildman–Crippen MR) is 111 cm³/mol. The SMILES string of the molecule is COc1ccccc1NC(=O)[C@@H](C)OC(=O)c1sccc1-c1ccc(C)cc1. The van der Waals surface area contributed by atoms with Gasteiger partial charge in [-0.1, -0.05) is 42.0 Å². The summed E-state index contributed by atoms with van der Waals surface area (Å²) in [5, 5.41) is 4.57. The molecule has 0 bridgehead atoms. The number of aryl methyl sites for hydroxylation is 1. The Morgan fingerprint density at radius 3 is 2.46 bits per heavy atom. The van der Waals surface area contributed by atoms with Crippen molar-refractivity contribution in [1.82, 2.24) is 0 Å². The van der Waals surface area contributed by atoms with Gasteiger partial charge in [-0.15, -0.1) is 11.3 Å². The normalized spacial score (nSPS) is 11.5. The van der Waals surface area contributed by atoms with Crippen LogP contribution in [0, 0.1) is 6.92 Å². The molecule has 0 aliphatic rings. The smallest absolute Gasteiger partial charge is 0.349 e. The number of thiophene rings is 1. The number of anilines is 1. The second kappa shape index (κ2) is 8.71. The third-order valence-corrected chi connectivity index (χ3v) is 5.13. The lowest BCUT2D eigenvalue weighted by Crippen LogP contribution is -2.30. The first-order valence-electron chi connectivity index (χ1n) is 8.79. The number of carbonyl (C=O) groups excluding carboxylic acids is 2. The molecule has 1 amide bonds. The van der Waals surface area contributed by atoms with E-state index in [9.17, 15) is 9.59 Å². The minimum absolute atomic E-state index is 0.425. The zero-order valence-electron chi connectivity index (χ0n) is 15.9. The van der Waals surface area contributed by atoms with E-state index in [4.69, 9.17) is 9.47 Å². The second-order valence-electron chi connectivity index (χ2n) is 6.27. The molecule has 1 N–H and O–H groups in total. The van der Waals surface area contributed by atoms with Crippen LogP contribution >= 0.6 is 11.3 Å². The summed E-state index contributed by atoms with van der Waals surface area (Å²) >= 11 is 1.29. The quantitative estimate of drug-likeness (QED) is 0.602. The first-order chi connectivity index (χ1) is 13.5. The summed E-state index contributed by atoms with van der Waals surface area (Å²) in [7, 11) is 1.53. The van der Waals surface area contributed by atoms with Gasteiger partial charge < -0.3 is 14.8 Å². The summed E-state index contributed by atoms with van der Waals surface area (Å²) in [4.78, 5) is 25.6. The fourth-order valence-electron chi connectivity index (χ4n) is 2.68. The molecule has 0 fully saturated rings. The van der Waals surface area contributed by atoms with Crippen LogP contribution in [0.2, 0.25) is 0 Å². The van der Waals surface area contributed by atoms with Crippen molar-refractivity contribution >= 4 is 28.9 Å². The molecule has 0 aliphatic carbocycles. The average molecular weight is 395 g/mol. The number of hydrogen-bond donors (Lipinski definition) is 1. The summed E-state index contributed by atoms with van der Waals surface area (Å²) in [6.07, 6.45) is -0.953. The molecule has 0 saturated heterocycles. The number of ether oxygens (including phenoxy) is 2. The molecule has 28 heavy (non-hydrogen) atoms. The van der Waals surface area contributed by atoms with E-state index >= 15 is 0 Å². The van der Waals surface area contributed by atoms with E-state index < -0.39 is 18.0 Å². The number of esters is 1. The molecule has 1 heterocycles. The van der Waals surface area contributed by atoms with Crippen molar-refractivity contribution in [3.63, 3.8) is 0 Å². The number of hydrogen-bond acceptors (Lipinski definition) is 5. The molecule has 3 rings (SSSR count). The summed E-state index contributed by atoms with van der Waals surface area (Å²) in [6.45, 7) is 3.55. The standard InChI is InChI=1S/C22H21NO4S/c1-14-8-10-16(11-9-14)17-12-13-28-20(17)22(25)27-15(2)21(24)23-18-6-4-5-7-19(18)26-3/h4-13,15H,1-3H3,(H,23,24)/t15-/m1/s1. The average Bonchev–Trinajstić information content (AvgIpc) is 3.19. The molecule has 144 valence electrons. The van der Waals surface area contributed by atoms with Crippen molar-refractivity contribution in [2.24, 2.45) is 0 Å². The highest BCUT2D eigenvalue weighted by Gasteiger charge is 2.23. The first kappa shape index (κ1) is 19.6. The van der Waals surface area contributed by atoms with Crippen LogP contribution in [0.5, 0.6) is 5.75 Å². The van der Waals surface area contributed by atoms with E-state index in [-0.39, 0.29) is 0 Å². The largest absolute Gasteiger partial charge is 0.495 e. The number of benzene rings is 2. The van der Waals surface area contributed by atoms with Crippen LogP contribution in [-0.2, 0) is 9.53 Å². The maximum absolute atomic E-state index is 12.6. The van der Waals surface area contributed by atoms with Gasteiger partial charge in [-0.25, -0.2) is 4.79 Å². The summed E-state index contributed by atoms with van der Waals surface area (Å²) in [5.74, 6) is -0.408. The fourth-order valence-corrected chi connectivity index (χ4v) is 3.48. The predicted octanol–water partition coefficient (Wildman–Crippen LogP) is 4.92. The van der Waals surface area contributed by atoms with Crippen molar-refractivity contribution in [2.75, 3.05) is 12.4 Å². The van der Waals surface area contributed by atoms with Gasteiger partial charge in [0.2, 0.25) is 0 Å². The molecule has 1 atom stereocenters. The second-order valence-corrected chi connectivity index (χ2v) is 7.18. The molecular weight excluding hydrogens is 374 g/mol. The number of para-hydroxylation sites is 2. The summed E-state index contributed by atoms with van der Waals surface area (Å²) < 4.78 is 10.6. The maximum atomic E-state index is 12.6. The van der Waals surface area contributed by atoms with Crippen molar-refractivity contribution in [1.29, 1.82) is 0 Å². The van der Waals surface area contributed by atoms with E-state index in [1.54, 1.807) is 31.2 Å². The molecule has 6 heteroatoms. The van der Waals surface area contributed by atoms with Gasteiger partial charge in [0, 0.05) is 5.56 Å². The Morgan fingerprint density at radius 1 is 1.04 bits per heavy atom. The van der Waals surface area contributed by atoms with Crippen molar-refractivity contribution in [3.05, 3.63) is 70.4 Å². The van der Waals surface area contributed by atoms with Crippen LogP contribution in [0.25, 0.3) is 11.1 Å². The van der Waals surface area contributed by atoms with Crippen molar-refractivity contribution < 1.29 is 19.1 Å². The lowest BCUT2D eigenvalue weighted by atomic mass is 10.1. The first-order valence-corrected chi connectivity index (χ1v) is 9.67. The Balaban J connectivity index is 1.70. The van der Waals surface area contributed by atoms with Crippen LogP contribution in [0.15, 0.2) is 60.0 Å². The molecular formula is C22H21NO4S. The molecule has 0 unspecified atom stereocenters. The van der Waals surface area contributed by atoms with Gasteiger partial charge in [-0.05, 0) is 43.0 Å². The number of amides is 1. The van der Waals surface area contributed by atoms with Crippen LogP contribution in [0.3, 0.4) is 0 Å². The van der Waals surface area contributed by atoms with E-state index in [0.717, 1.165) is 16.7 Å². The number of nitrogens with one attached hydrogen (secondary N) is 1. The number of carbonyl (C=O) groups is 2. The summed E-state index contributed by atoms with van der Waals surface area (Å²) in [5.41, 5.74) is 3.40. The van der Waals surface area contributed by atoms with E-state index in [1.807, 2.05) is 42.6 Å². The monoisotopic (exact) mass is 395 g/mol. The third kappa shape index (κ3) is 4.40. The lowest BCUT2D eigenvalue weighted by Gasteiger charge is -2.15. The summed E-state index contributed by atoms with van der Waals surface area (Å²) in [6, 6.07) is 16.8. The molecule has 0 spiro atoms. The van der Waals surface area contributed by atoms with Gasteiger partial charge in [-0.3, -0.25) is 4.79 Å². The molecule has 2 aromatic carbocycles. The lowest BCUT2D eigenvalue weighted by molar-refractivity contribution is -0.123. The van der Waals surface area contributed by atoms with Crippen LogP contribution < -0.4 is 10.1 Å². The van der Waals surface area contributed by atoms with Gasteiger partial charge >= 0.3 is 5.97 Å². The van der Waals surface area contributed by atoms with Crippen LogP contribution in [0.4, 0.5) is 5.69 Å². The Kier molecular flexibility index (Phi) is 6.11. The van der Waals surface area contributed by atoms with Crippen molar-refractivity contribution in [3.8, 4) is 16.9 Å². The van der Waals surface area contributed by atoms with Gasteiger partial charge in [0.15, 0.2) is 6.10 Å². The van der Waals surface area contributed by atoms with Crippen molar-refractivity contribution in [2.45, 2.75) is 20.0 Å². The number of rotatable bonds is 6. The van der Waals surface area contributed by atoms with E-state index in [1.165, 1.54) is 18.4 Å². The molecule has 0 aliphatic heterocycles. The Morgan fingerprint density at radius 2 is 1.75 bits per heavy atom. The fraction of sp³-hybridized carbons (Fsp3) is 0.182. The van der Waals surface area contributed by atoms with Gasteiger partial charge in [0.05, 0.1) is 12.8 Å². The van der Waals surface area contributed by atoms with Crippen LogP contribution in [0.1, 0.15) is 22.2 Å².